The second kappa shape index (κ2) is 7.57. The van der Waals surface area contributed by atoms with Gasteiger partial charge < -0.3 is 9.64 Å². The van der Waals surface area contributed by atoms with Crippen LogP contribution in [-0.2, 0) is 17.8 Å². The number of pyridine rings is 1. The van der Waals surface area contributed by atoms with Gasteiger partial charge in [0.2, 0.25) is 0 Å². The summed E-state index contributed by atoms with van der Waals surface area (Å²) >= 11 is 0. The van der Waals surface area contributed by atoms with E-state index in [2.05, 4.69) is 27.1 Å². The van der Waals surface area contributed by atoms with Crippen molar-refractivity contribution in [1.29, 1.82) is 0 Å². The lowest BCUT2D eigenvalue weighted by Crippen LogP contribution is -2.34. The van der Waals surface area contributed by atoms with Crippen LogP contribution >= 0.6 is 0 Å². The molecule has 1 aliphatic rings. The van der Waals surface area contributed by atoms with Crippen molar-refractivity contribution in [3.05, 3.63) is 42.4 Å². The van der Waals surface area contributed by atoms with Crippen molar-refractivity contribution in [2.75, 3.05) is 38.7 Å². The van der Waals surface area contributed by atoms with Gasteiger partial charge in [-0.25, -0.2) is 4.98 Å². The molecule has 1 saturated heterocycles. The van der Waals surface area contributed by atoms with Crippen LogP contribution in [0, 0.1) is 0 Å². The zero-order valence-corrected chi connectivity index (χ0v) is 13.9. The van der Waals surface area contributed by atoms with Gasteiger partial charge in [-0.15, -0.1) is 0 Å². The van der Waals surface area contributed by atoms with Crippen LogP contribution in [0.4, 0.5) is 5.82 Å². The average Bonchev–Trinajstić information content (AvgIpc) is 2.95. The van der Waals surface area contributed by atoms with Crippen molar-refractivity contribution in [2.24, 2.45) is 0 Å². The van der Waals surface area contributed by atoms with Gasteiger partial charge in [-0.1, -0.05) is 6.07 Å². The van der Waals surface area contributed by atoms with Crippen LogP contribution in [0.5, 0.6) is 0 Å². The van der Waals surface area contributed by atoms with E-state index in [1.807, 2.05) is 48.3 Å². The van der Waals surface area contributed by atoms with Gasteiger partial charge in [0, 0.05) is 58.9 Å². The van der Waals surface area contributed by atoms with Gasteiger partial charge in [0.1, 0.15) is 5.82 Å². The summed E-state index contributed by atoms with van der Waals surface area (Å²) in [6, 6.07) is 6.19. The lowest BCUT2D eigenvalue weighted by Gasteiger charge is -2.24. The third-order valence-corrected chi connectivity index (χ3v) is 4.06. The summed E-state index contributed by atoms with van der Waals surface area (Å²) in [6.07, 6.45) is 7.03. The molecular formula is C17H25N5O. The van der Waals surface area contributed by atoms with Crippen molar-refractivity contribution in [3.63, 3.8) is 0 Å². The highest BCUT2D eigenvalue weighted by Crippen LogP contribution is 2.14. The lowest BCUT2D eigenvalue weighted by molar-refractivity contribution is 0.0391. The topological polar surface area (TPSA) is 46.4 Å². The highest BCUT2D eigenvalue weighted by atomic mass is 16.5. The van der Waals surface area contributed by atoms with Gasteiger partial charge in [-0.2, -0.15) is 5.10 Å². The van der Waals surface area contributed by atoms with Gasteiger partial charge in [0.15, 0.2) is 0 Å². The molecule has 124 valence electrons. The number of aromatic nitrogens is 3. The molecule has 3 rings (SSSR count). The lowest BCUT2D eigenvalue weighted by atomic mass is 10.2. The number of hydrogen-bond acceptors (Lipinski definition) is 5. The molecule has 1 atom stereocenters. The first kappa shape index (κ1) is 16.0. The molecule has 0 unspecified atom stereocenters. The SMILES string of the molecule is CN(C)c1ccc(CN2CCCO[C@H](Cn3cccn3)C2)cn1. The maximum absolute atomic E-state index is 5.97. The van der Waals surface area contributed by atoms with E-state index < -0.39 is 0 Å². The Morgan fingerprint density at radius 1 is 1.35 bits per heavy atom. The minimum atomic E-state index is 0.186. The van der Waals surface area contributed by atoms with Crippen molar-refractivity contribution in [3.8, 4) is 0 Å². The molecule has 0 radical (unpaired) electrons. The fourth-order valence-corrected chi connectivity index (χ4v) is 2.87. The summed E-state index contributed by atoms with van der Waals surface area (Å²) in [5.41, 5.74) is 1.25. The molecule has 1 aliphatic heterocycles. The maximum atomic E-state index is 5.97. The van der Waals surface area contributed by atoms with E-state index in [0.717, 1.165) is 45.0 Å². The molecule has 23 heavy (non-hydrogen) atoms. The Morgan fingerprint density at radius 2 is 2.26 bits per heavy atom. The standard InChI is InChI=1S/C17H25N5O/c1-20(2)17-6-5-15(11-18-17)12-21-8-4-10-23-16(13-21)14-22-9-3-7-19-22/h3,5-7,9,11,16H,4,8,10,12-14H2,1-2H3/t16-/m0/s1. The smallest absolute Gasteiger partial charge is 0.127 e. The third kappa shape index (κ3) is 4.53. The zero-order valence-electron chi connectivity index (χ0n) is 13.9. The number of anilines is 1. The Balaban J connectivity index is 1.59. The van der Waals surface area contributed by atoms with Crippen LogP contribution in [0.2, 0.25) is 0 Å². The molecule has 0 N–H and O–H groups in total. The van der Waals surface area contributed by atoms with E-state index in [1.165, 1.54) is 5.56 Å². The number of rotatable bonds is 5. The summed E-state index contributed by atoms with van der Waals surface area (Å²) in [6.45, 7) is 4.53. The first-order valence-electron chi connectivity index (χ1n) is 8.14. The van der Waals surface area contributed by atoms with E-state index in [4.69, 9.17) is 4.74 Å². The predicted octanol–water partition coefficient (Wildman–Crippen LogP) is 1.64. The molecule has 0 bridgehead atoms. The first-order chi connectivity index (χ1) is 11.2. The Bertz CT molecular complexity index is 582. The van der Waals surface area contributed by atoms with Crippen molar-refractivity contribution >= 4 is 5.82 Å². The summed E-state index contributed by atoms with van der Waals surface area (Å²) in [7, 11) is 4.02. The van der Waals surface area contributed by atoms with Crippen LogP contribution in [0.15, 0.2) is 36.8 Å². The molecule has 3 heterocycles. The Labute approximate surface area is 137 Å². The molecule has 0 saturated carbocycles. The third-order valence-electron chi connectivity index (χ3n) is 4.06. The first-order valence-corrected chi connectivity index (χ1v) is 8.14. The Kier molecular flexibility index (Phi) is 5.25. The van der Waals surface area contributed by atoms with E-state index in [9.17, 15) is 0 Å². The van der Waals surface area contributed by atoms with Crippen LogP contribution in [0.3, 0.4) is 0 Å². The predicted molar refractivity (Wildman–Crippen MR) is 90.4 cm³/mol. The molecule has 6 nitrogen and oxygen atoms in total. The van der Waals surface area contributed by atoms with E-state index in [-0.39, 0.29) is 6.10 Å². The fourth-order valence-electron chi connectivity index (χ4n) is 2.87. The molecule has 6 heteroatoms. The monoisotopic (exact) mass is 315 g/mol. The molecular weight excluding hydrogens is 290 g/mol. The summed E-state index contributed by atoms with van der Waals surface area (Å²) < 4.78 is 7.92. The van der Waals surface area contributed by atoms with Gasteiger partial charge >= 0.3 is 0 Å². The summed E-state index contributed by atoms with van der Waals surface area (Å²) in [4.78, 5) is 8.97. The highest BCUT2D eigenvalue weighted by molar-refractivity contribution is 5.37. The van der Waals surface area contributed by atoms with Crippen LogP contribution in [0.1, 0.15) is 12.0 Å². The average molecular weight is 315 g/mol. The molecule has 1 fully saturated rings. The quantitative estimate of drug-likeness (QED) is 0.839. The summed E-state index contributed by atoms with van der Waals surface area (Å²) in [5.74, 6) is 0.990. The Hall–Kier alpha value is -1.92. The molecule has 0 amide bonds. The largest absolute Gasteiger partial charge is 0.375 e. The molecule has 0 aromatic carbocycles. The van der Waals surface area contributed by atoms with Gasteiger partial charge in [0.05, 0.1) is 12.6 Å². The fraction of sp³-hybridized carbons (Fsp3) is 0.529. The van der Waals surface area contributed by atoms with E-state index in [0.29, 0.717) is 0 Å². The number of hydrogen-bond donors (Lipinski definition) is 0. The van der Waals surface area contributed by atoms with Gasteiger partial charge in [-0.05, 0) is 24.1 Å². The second-order valence-electron chi connectivity index (χ2n) is 6.23. The highest BCUT2D eigenvalue weighted by Gasteiger charge is 2.19. The minimum absolute atomic E-state index is 0.186. The molecule has 2 aromatic heterocycles. The van der Waals surface area contributed by atoms with Crippen LogP contribution in [0.25, 0.3) is 0 Å². The van der Waals surface area contributed by atoms with Crippen molar-refractivity contribution in [2.45, 2.75) is 25.6 Å². The zero-order chi connectivity index (χ0) is 16.1. The van der Waals surface area contributed by atoms with Gasteiger partial charge in [0.25, 0.3) is 0 Å². The van der Waals surface area contributed by atoms with Crippen molar-refractivity contribution in [1.82, 2.24) is 19.7 Å². The van der Waals surface area contributed by atoms with E-state index in [1.54, 1.807) is 0 Å². The normalized spacial score (nSPS) is 19.5. The van der Waals surface area contributed by atoms with E-state index >= 15 is 0 Å². The van der Waals surface area contributed by atoms with Crippen LogP contribution in [-0.4, -0.2) is 59.6 Å². The molecule has 0 aliphatic carbocycles. The number of nitrogens with zero attached hydrogens (tertiary/aromatic N) is 5. The molecule has 2 aromatic rings. The molecule has 0 spiro atoms. The second-order valence-corrected chi connectivity index (χ2v) is 6.23. The summed E-state index contributed by atoms with van der Waals surface area (Å²) in [5, 5.41) is 4.28. The van der Waals surface area contributed by atoms with Gasteiger partial charge in [-0.3, -0.25) is 9.58 Å². The Morgan fingerprint density at radius 3 is 2.96 bits per heavy atom. The minimum Gasteiger partial charge on any atom is -0.375 e. The number of ether oxygens (including phenoxy) is 1. The van der Waals surface area contributed by atoms with Crippen molar-refractivity contribution < 1.29 is 4.74 Å². The van der Waals surface area contributed by atoms with Crippen LogP contribution < -0.4 is 4.90 Å². The maximum Gasteiger partial charge on any atom is 0.127 e.